The number of amides is 1. The number of pyridine rings is 1. The van der Waals surface area contributed by atoms with Crippen molar-refractivity contribution in [2.75, 3.05) is 11.9 Å². The van der Waals surface area contributed by atoms with E-state index in [1.807, 2.05) is 6.92 Å². The molecular formula is C12H10Br2N2O2S. The number of nitrogens with one attached hydrogen (secondary N) is 1. The summed E-state index contributed by atoms with van der Waals surface area (Å²) < 4.78 is 6.99. The molecule has 0 aromatic carbocycles. The summed E-state index contributed by atoms with van der Waals surface area (Å²) in [5, 5.41) is 2.78. The van der Waals surface area contributed by atoms with Gasteiger partial charge in [-0.25, -0.2) is 4.98 Å². The van der Waals surface area contributed by atoms with Crippen molar-refractivity contribution >= 4 is 54.8 Å². The first-order valence-electron chi connectivity index (χ1n) is 5.45. The highest BCUT2D eigenvalue weighted by atomic mass is 79.9. The van der Waals surface area contributed by atoms with Crippen molar-refractivity contribution in [3.63, 3.8) is 0 Å². The molecule has 0 unspecified atom stereocenters. The predicted molar refractivity (Wildman–Crippen MR) is 83.1 cm³/mol. The Balaban J connectivity index is 2.06. The van der Waals surface area contributed by atoms with Crippen LogP contribution in [-0.4, -0.2) is 17.5 Å². The van der Waals surface area contributed by atoms with E-state index in [0.29, 0.717) is 23.1 Å². The van der Waals surface area contributed by atoms with Crippen LogP contribution in [0.1, 0.15) is 16.6 Å². The van der Waals surface area contributed by atoms with Crippen molar-refractivity contribution in [3.05, 3.63) is 37.5 Å². The number of carbonyl (C=O) groups excluding carboxylic acids is 1. The lowest BCUT2D eigenvalue weighted by atomic mass is 10.4. The summed E-state index contributed by atoms with van der Waals surface area (Å²) >= 11 is 8.08. The van der Waals surface area contributed by atoms with Gasteiger partial charge in [-0.1, -0.05) is 0 Å². The van der Waals surface area contributed by atoms with E-state index in [0.717, 1.165) is 8.26 Å². The normalized spacial score (nSPS) is 10.3. The molecule has 2 aromatic rings. The van der Waals surface area contributed by atoms with Crippen LogP contribution in [0.15, 0.2) is 32.7 Å². The second kappa shape index (κ2) is 6.49. The van der Waals surface area contributed by atoms with Crippen molar-refractivity contribution in [1.82, 2.24) is 4.98 Å². The Morgan fingerprint density at radius 3 is 2.79 bits per heavy atom. The number of hydrogen-bond acceptors (Lipinski definition) is 4. The number of anilines is 1. The van der Waals surface area contributed by atoms with E-state index in [9.17, 15) is 4.79 Å². The number of halogens is 2. The van der Waals surface area contributed by atoms with Crippen molar-refractivity contribution < 1.29 is 9.53 Å². The highest BCUT2D eigenvalue weighted by molar-refractivity contribution is 9.13. The average Bonchev–Trinajstić information content (AvgIpc) is 2.72. The molecule has 2 aromatic heterocycles. The Labute approximate surface area is 131 Å². The van der Waals surface area contributed by atoms with Crippen LogP contribution in [0.2, 0.25) is 0 Å². The number of hydrogen-bond donors (Lipinski definition) is 1. The van der Waals surface area contributed by atoms with Crippen molar-refractivity contribution in [2.24, 2.45) is 0 Å². The molecule has 7 heteroatoms. The molecule has 0 atom stereocenters. The van der Waals surface area contributed by atoms with Crippen LogP contribution >= 0.6 is 43.2 Å². The van der Waals surface area contributed by atoms with Gasteiger partial charge in [0.2, 0.25) is 5.88 Å². The second-order valence-electron chi connectivity index (χ2n) is 3.50. The van der Waals surface area contributed by atoms with Crippen LogP contribution < -0.4 is 10.1 Å². The van der Waals surface area contributed by atoms with E-state index in [1.54, 1.807) is 24.4 Å². The van der Waals surface area contributed by atoms with Crippen LogP contribution in [0.25, 0.3) is 0 Å². The monoisotopic (exact) mass is 404 g/mol. The van der Waals surface area contributed by atoms with Gasteiger partial charge in [-0.05, 0) is 50.9 Å². The topological polar surface area (TPSA) is 51.2 Å². The molecule has 1 amide bonds. The molecule has 0 aliphatic carbocycles. The largest absolute Gasteiger partial charge is 0.478 e. The highest BCUT2D eigenvalue weighted by Gasteiger charge is 2.12. The maximum atomic E-state index is 12.0. The first-order chi connectivity index (χ1) is 9.10. The van der Waals surface area contributed by atoms with Gasteiger partial charge in [-0.2, -0.15) is 0 Å². The Bertz CT molecular complexity index is 564. The number of ether oxygens (including phenoxy) is 1. The molecule has 0 radical (unpaired) electrons. The van der Waals surface area contributed by atoms with Crippen LogP contribution in [0, 0.1) is 0 Å². The minimum atomic E-state index is -0.164. The fourth-order valence-electron chi connectivity index (χ4n) is 1.34. The van der Waals surface area contributed by atoms with Gasteiger partial charge in [0.05, 0.1) is 27.2 Å². The van der Waals surface area contributed by atoms with Crippen LogP contribution in [0.4, 0.5) is 5.69 Å². The lowest BCUT2D eigenvalue weighted by Crippen LogP contribution is -2.10. The summed E-state index contributed by atoms with van der Waals surface area (Å²) in [5.74, 6) is 0.379. The van der Waals surface area contributed by atoms with Crippen molar-refractivity contribution in [1.29, 1.82) is 0 Å². The fraction of sp³-hybridized carbons (Fsp3) is 0.167. The fourth-order valence-corrected chi connectivity index (χ4v) is 3.27. The molecule has 2 rings (SSSR count). The molecule has 0 spiro atoms. The molecule has 0 aliphatic heterocycles. The van der Waals surface area contributed by atoms with Gasteiger partial charge in [-0.3, -0.25) is 4.79 Å². The predicted octanol–water partition coefficient (Wildman–Crippen LogP) is 4.32. The standard InChI is InChI=1S/C12H10Br2N2O2S/c1-2-18-10-4-3-7(6-15-10)16-12(17)9-5-8(13)11(14)19-9/h3-6H,2H2,1H3,(H,16,17). The molecule has 0 aliphatic rings. The Morgan fingerprint density at radius 1 is 1.47 bits per heavy atom. The number of carbonyl (C=O) groups is 1. The Morgan fingerprint density at radius 2 is 2.26 bits per heavy atom. The van der Waals surface area contributed by atoms with Gasteiger partial charge in [0.25, 0.3) is 5.91 Å². The van der Waals surface area contributed by atoms with E-state index in [-0.39, 0.29) is 5.91 Å². The minimum absolute atomic E-state index is 0.164. The van der Waals surface area contributed by atoms with E-state index >= 15 is 0 Å². The van der Waals surface area contributed by atoms with Crippen molar-refractivity contribution in [3.8, 4) is 5.88 Å². The summed E-state index contributed by atoms with van der Waals surface area (Å²) in [5.41, 5.74) is 0.633. The number of thiophene rings is 1. The summed E-state index contributed by atoms with van der Waals surface area (Å²) in [7, 11) is 0. The quantitative estimate of drug-likeness (QED) is 0.823. The highest BCUT2D eigenvalue weighted by Crippen LogP contribution is 2.32. The SMILES string of the molecule is CCOc1ccc(NC(=O)c2cc(Br)c(Br)s2)cn1. The lowest BCUT2D eigenvalue weighted by molar-refractivity contribution is 0.103. The molecule has 0 fully saturated rings. The Kier molecular flexibility index (Phi) is 4.95. The molecule has 4 nitrogen and oxygen atoms in total. The summed E-state index contributed by atoms with van der Waals surface area (Å²) in [4.78, 5) is 16.7. The molecular weight excluding hydrogens is 396 g/mol. The van der Waals surface area contributed by atoms with Gasteiger partial charge >= 0.3 is 0 Å². The molecule has 1 N–H and O–H groups in total. The number of aromatic nitrogens is 1. The summed E-state index contributed by atoms with van der Waals surface area (Å²) in [6, 6.07) is 5.25. The zero-order chi connectivity index (χ0) is 13.8. The van der Waals surface area contributed by atoms with E-state index < -0.39 is 0 Å². The van der Waals surface area contributed by atoms with Gasteiger partial charge < -0.3 is 10.1 Å². The van der Waals surface area contributed by atoms with Crippen LogP contribution in [-0.2, 0) is 0 Å². The smallest absolute Gasteiger partial charge is 0.265 e. The van der Waals surface area contributed by atoms with Gasteiger partial charge in [0, 0.05) is 10.5 Å². The number of rotatable bonds is 4. The summed E-state index contributed by atoms with van der Waals surface area (Å²) in [6.45, 7) is 2.46. The third-order valence-electron chi connectivity index (χ3n) is 2.16. The van der Waals surface area contributed by atoms with E-state index in [2.05, 4.69) is 42.2 Å². The zero-order valence-corrected chi connectivity index (χ0v) is 13.9. The van der Waals surface area contributed by atoms with Gasteiger partial charge in [-0.15, -0.1) is 11.3 Å². The minimum Gasteiger partial charge on any atom is -0.478 e. The second-order valence-corrected chi connectivity index (χ2v) is 6.73. The first kappa shape index (κ1) is 14.5. The zero-order valence-electron chi connectivity index (χ0n) is 9.94. The van der Waals surface area contributed by atoms with Crippen molar-refractivity contribution in [2.45, 2.75) is 6.92 Å². The molecule has 2 heterocycles. The summed E-state index contributed by atoms with van der Waals surface area (Å²) in [6.07, 6.45) is 1.57. The van der Waals surface area contributed by atoms with E-state index in [4.69, 9.17) is 4.74 Å². The average molecular weight is 406 g/mol. The number of nitrogens with zero attached hydrogens (tertiary/aromatic N) is 1. The third-order valence-corrected chi connectivity index (χ3v) is 5.41. The molecule has 19 heavy (non-hydrogen) atoms. The molecule has 100 valence electrons. The van der Waals surface area contributed by atoms with E-state index in [1.165, 1.54) is 11.3 Å². The Hall–Kier alpha value is -0.920. The van der Waals surface area contributed by atoms with Crippen LogP contribution in [0.3, 0.4) is 0 Å². The molecule has 0 saturated carbocycles. The third kappa shape index (κ3) is 3.77. The van der Waals surface area contributed by atoms with Crippen LogP contribution in [0.5, 0.6) is 5.88 Å². The first-order valence-corrected chi connectivity index (χ1v) is 7.85. The van der Waals surface area contributed by atoms with Gasteiger partial charge in [0.15, 0.2) is 0 Å². The molecule has 0 saturated heterocycles. The molecule has 0 bridgehead atoms. The maximum Gasteiger partial charge on any atom is 0.265 e. The lowest BCUT2D eigenvalue weighted by Gasteiger charge is -2.05. The van der Waals surface area contributed by atoms with Gasteiger partial charge in [0.1, 0.15) is 0 Å². The maximum absolute atomic E-state index is 12.0.